The predicted molar refractivity (Wildman–Crippen MR) is 218 cm³/mol. The van der Waals surface area contributed by atoms with Crippen molar-refractivity contribution in [3.63, 3.8) is 0 Å². The van der Waals surface area contributed by atoms with Crippen molar-refractivity contribution in [2.24, 2.45) is 34.0 Å². The smallest absolute Gasteiger partial charge is 0.311 e. The number of esters is 3. The van der Waals surface area contributed by atoms with E-state index in [-0.39, 0.29) is 30.2 Å². The molecule has 0 bridgehead atoms. The van der Waals surface area contributed by atoms with Gasteiger partial charge in [0.25, 0.3) is 0 Å². The molecular weight excluding hydrogens is 657 g/mol. The van der Waals surface area contributed by atoms with Gasteiger partial charge >= 0.3 is 17.9 Å². The van der Waals surface area contributed by atoms with Gasteiger partial charge in [0, 0.05) is 0 Å². The van der Waals surface area contributed by atoms with Crippen LogP contribution in [0, 0.1) is 34.0 Å². The zero-order valence-electron chi connectivity index (χ0n) is 35.9. The van der Waals surface area contributed by atoms with Crippen molar-refractivity contribution in [1.29, 1.82) is 0 Å². The first kappa shape index (κ1) is 49.8. The van der Waals surface area contributed by atoms with E-state index in [2.05, 4.69) is 46.4 Å². The van der Waals surface area contributed by atoms with Crippen LogP contribution in [0.2, 0.25) is 0 Å². The molecule has 0 aliphatic heterocycles. The van der Waals surface area contributed by atoms with E-state index in [0.717, 1.165) is 38.0 Å². The third-order valence-corrected chi connectivity index (χ3v) is 11.7. The number of thioether (sulfide) groups is 1. The molecule has 6 nitrogen and oxygen atoms in total. The average molecular weight is 741 g/mol. The second-order valence-corrected chi connectivity index (χ2v) is 19.6. The Hall–Kier alpha value is -1.24. The minimum atomic E-state index is -0.888. The molecule has 302 valence electrons. The van der Waals surface area contributed by atoms with Gasteiger partial charge in [0.1, 0.15) is 5.60 Å². The quantitative estimate of drug-likeness (QED) is 0.0412. The molecule has 3 atom stereocenters. The Labute approximate surface area is 320 Å². The number of carbonyl (C=O) groups is 3. The molecule has 0 aromatic carbocycles. The maximum atomic E-state index is 13.6. The van der Waals surface area contributed by atoms with Gasteiger partial charge in [-0.3, -0.25) is 14.4 Å². The fourth-order valence-electron chi connectivity index (χ4n) is 7.26. The fraction of sp³-hybridized carbons (Fsp3) is 0.932. The molecule has 0 amide bonds. The van der Waals surface area contributed by atoms with Crippen LogP contribution in [0.25, 0.3) is 0 Å². The van der Waals surface area contributed by atoms with E-state index < -0.39 is 22.3 Å². The molecule has 0 fully saturated rings. The van der Waals surface area contributed by atoms with Gasteiger partial charge in [0.15, 0.2) is 0 Å². The molecule has 0 aromatic rings. The van der Waals surface area contributed by atoms with Crippen LogP contribution in [0.5, 0.6) is 0 Å². The Morgan fingerprint density at radius 2 is 1.16 bits per heavy atom. The highest BCUT2D eigenvalue weighted by Crippen LogP contribution is 2.43. The molecule has 0 spiro atoms. The number of hydrogen-bond acceptors (Lipinski definition) is 7. The van der Waals surface area contributed by atoms with E-state index in [1.165, 1.54) is 75.7 Å². The molecule has 0 aliphatic rings. The van der Waals surface area contributed by atoms with Crippen molar-refractivity contribution >= 4 is 29.7 Å². The second-order valence-electron chi connectivity index (χ2n) is 18.4. The number of unbranched alkanes of at least 4 members (excludes halogenated alkanes) is 7. The third-order valence-electron chi connectivity index (χ3n) is 10.5. The number of ether oxygens (including phenoxy) is 3. The number of rotatable bonds is 30. The minimum absolute atomic E-state index is 0.250. The van der Waals surface area contributed by atoms with E-state index in [1.54, 1.807) is 0 Å². The predicted octanol–water partition coefficient (Wildman–Crippen LogP) is 12.8. The van der Waals surface area contributed by atoms with Gasteiger partial charge in [0.2, 0.25) is 0 Å². The van der Waals surface area contributed by atoms with Crippen molar-refractivity contribution in [3.8, 4) is 0 Å². The van der Waals surface area contributed by atoms with Gasteiger partial charge in [-0.1, -0.05) is 107 Å². The number of hydrogen-bond donors (Lipinski definition) is 0. The van der Waals surface area contributed by atoms with Crippen LogP contribution in [-0.2, 0) is 28.6 Å². The fourth-order valence-corrected chi connectivity index (χ4v) is 8.25. The van der Waals surface area contributed by atoms with Crippen LogP contribution in [0.15, 0.2) is 0 Å². The molecule has 0 N–H and O–H groups in total. The van der Waals surface area contributed by atoms with Gasteiger partial charge in [0.05, 0.1) is 30.5 Å². The van der Waals surface area contributed by atoms with Crippen LogP contribution in [0.4, 0.5) is 0 Å². The summed E-state index contributed by atoms with van der Waals surface area (Å²) in [5.74, 6) is 1.43. The highest BCUT2D eigenvalue weighted by Gasteiger charge is 2.45. The van der Waals surface area contributed by atoms with E-state index in [1.807, 2.05) is 55.4 Å². The Bertz CT molecular complexity index is 950. The monoisotopic (exact) mass is 741 g/mol. The highest BCUT2D eigenvalue weighted by atomic mass is 32.2. The Morgan fingerprint density at radius 3 is 1.76 bits per heavy atom. The molecule has 7 heteroatoms. The van der Waals surface area contributed by atoms with E-state index >= 15 is 0 Å². The molecule has 0 saturated heterocycles. The van der Waals surface area contributed by atoms with Crippen molar-refractivity contribution < 1.29 is 28.6 Å². The van der Waals surface area contributed by atoms with Crippen molar-refractivity contribution in [1.82, 2.24) is 0 Å². The molecule has 0 saturated carbocycles. The van der Waals surface area contributed by atoms with Gasteiger partial charge < -0.3 is 14.2 Å². The number of carbonyl (C=O) groups excluding carboxylic acids is 3. The summed E-state index contributed by atoms with van der Waals surface area (Å²) in [7, 11) is 0. The standard InChI is InChI=1S/C44H84O6S/c1-14-17-19-22-26-36(42(8,9)28-16-3)27-25-32-51-31-24-21-20-23-30-49-40(47)44(12,13)34-37(39(46)50-41(5,6)7)43(10,11)33-35(4)38(45)48-29-18-15-2/h35-37H,14-34H2,1-13H3. The molecule has 0 rings (SSSR count). The maximum absolute atomic E-state index is 13.6. The summed E-state index contributed by atoms with van der Waals surface area (Å²) in [5, 5.41) is 0. The van der Waals surface area contributed by atoms with E-state index in [4.69, 9.17) is 14.2 Å². The lowest BCUT2D eigenvalue weighted by molar-refractivity contribution is -0.170. The third kappa shape index (κ3) is 22.5. The Morgan fingerprint density at radius 1 is 0.588 bits per heavy atom. The summed E-state index contributed by atoms with van der Waals surface area (Å²) < 4.78 is 17.1. The minimum Gasteiger partial charge on any atom is -0.465 e. The average Bonchev–Trinajstić information content (AvgIpc) is 3.02. The maximum Gasteiger partial charge on any atom is 0.311 e. The van der Waals surface area contributed by atoms with Gasteiger partial charge in [-0.2, -0.15) is 11.8 Å². The second kappa shape index (κ2) is 25.7. The lowest BCUT2D eigenvalue weighted by Gasteiger charge is -2.39. The van der Waals surface area contributed by atoms with Crippen LogP contribution < -0.4 is 0 Å². The molecule has 51 heavy (non-hydrogen) atoms. The first-order valence-electron chi connectivity index (χ1n) is 20.9. The molecule has 0 aliphatic carbocycles. The van der Waals surface area contributed by atoms with Crippen molar-refractivity contribution in [2.45, 2.75) is 205 Å². The Kier molecular flexibility index (Phi) is 25.1. The van der Waals surface area contributed by atoms with Crippen molar-refractivity contribution in [2.75, 3.05) is 24.7 Å². The molecular formula is C44H84O6S. The largest absolute Gasteiger partial charge is 0.465 e. The first-order chi connectivity index (χ1) is 23.7. The van der Waals surface area contributed by atoms with Crippen LogP contribution in [0.1, 0.15) is 199 Å². The zero-order valence-corrected chi connectivity index (χ0v) is 36.8. The topological polar surface area (TPSA) is 78.9 Å². The normalized spacial score (nSPS) is 14.5. The summed E-state index contributed by atoms with van der Waals surface area (Å²) in [6, 6.07) is 0. The molecule has 3 unspecified atom stereocenters. The highest BCUT2D eigenvalue weighted by molar-refractivity contribution is 7.99. The zero-order chi connectivity index (χ0) is 39.1. The van der Waals surface area contributed by atoms with Crippen LogP contribution in [0.3, 0.4) is 0 Å². The summed E-state index contributed by atoms with van der Waals surface area (Å²) in [4.78, 5) is 39.6. The van der Waals surface area contributed by atoms with Crippen LogP contribution in [-0.4, -0.2) is 48.2 Å². The summed E-state index contributed by atoms with van der Waals surface area (Å²) in [6.45, 7) is 27.5. The van der Waals surface area contributed by atoms with E-state index in [9.17, 15) is 14.4 Å². The lowest BCUT2D eigenvalue weighted by atomic mass is 9.67. The van der Waals surface area contributed by atoms with E-state index in [0.29, 0.717) is 25.0 Å². The van der Waals surface area contributed by atoms with Crippen molar-refractivity contribution in [3.05, 3.63) is 0 Å². The summed E-state index contributed by atoms with van der Waals surface area (Å²) in [5.41, 5.74) is -1.71. The first-order valence-corrected chi connectivity index (χ1v) is 22.0. The van der Waals surface area contributed by atoms with Crippen LogP contribution >= 0.6 is 11.8 Å². The van der Waals surface area contributed by atoms with Gasteiger partial charge in [-0.05, 0) is 121 Å². The van der Waals surface area contributed by atoms with Gasteiger partial charge in [-0.15, -0.1) is 0 Å². The summed E-state index contributed by atoms with van der Waals surface area (Å²) in [6.07, 6.45) is 18.8. The Balaban J connectivity index is 4.81. The SMILES string of the molecule is CCCCCCC(CCCSCCCCCCOC(=O)C(C)(C)CC(C(=O)OC(C)(C)C)C(C)(C)CC(C)C(=O)OCCCC)C(C)(C)CCC. The lowest BCUT2D eigenvalue weighted by Crippen LogP contribution is -2.42. The molecule has 0 heterocycles. The van der Waals surface area contributed by atoms with Gasteiger partial charge in [-0.25, -0.2) is 0 Å². The molecule has 0 aromatic heterocycles. The summed E-state index contributed by atoms with van der Waals surface area (Å²) >= 11 is 2.10. The molecule has 0 radical (unpaired) electrons.